The van der Waals surface area contributed by atoms with Crippen molar-refractivity contribution in [2.24, 2.45) is 10.9 Å². The van der Waals surface area contributed by atoms with Crippen molar-refractivity contribution in [3.8, 4) is 6.07 Å². The molecule has 2 aromatic rings. The third-order valence-corrected chi connectivity index (χ3v) is 4.53. The van der Waals surface area contributed by atoms with Gasteiger partial charge in [0.1, 0.15) is 36.1 Å². The van der Waals surface area contributed by atoms with Crippen LogP contribution in [0.2, 0.25) is 0 Å². The first-order chi connectivity index (χ1) is 12.9. The first-order valence-electron chi connectivity index (χ1n) is 8.28. The highest BCUT2D eigenvalue weighted by molar-refractivity contribution is 6.04. The molecule has 0 radical (unpaired) electrons. The number of hydrogen-bond acceptors (Lipinski definition) is 4. The summed E-state index contributed by atoms with van der Waals surface area (Å²) in [5, 5.41) is 21.4. The van der Waals surface area contributed by atoms with E-state index in [1.54, 1.807) is 19.9 Å². The monoisotopic (exact) mass is 370 g/mol. The summed E-state index contributed by atoms with van der Waals surface area (Å²) in [4.78, 5) is 7.67. The fraction of sp³-hybridized carbons (Fsp3) is 0.316. The van der Waals surface area contributed by atoms with Gasteiger partial charge in [0.2, 0.25) is 0 Å². The first kappa shape index (κ1) is 20.1. The molecule has 0 fully saturated rings. The average Bonchev–Trinajstić information content (AvgIpc) is 3.16. The Morgan fingerprint density at radius 2 is 2.26 bits per heavy atom. The second-order valence-corrected chi connectivity index (χ2v) is 6.16. The summed E-state index contributed by atoms with van der Waals surface area (Å²) >= 11 is 0. The summed E-state index contributed by atoms with van der Waals surface area (Å²) in [5.74, 6) is -2.11. The predicted octanol–water partition coefficient (Wildman–Crippen LogP) is 3.74. The average molecular weight is 370 g/mol. The second kappa shape index (κ2) is 8.45. The van der Waals surface area contributed by atoms with Crippen LogP contribution < -0.4 is 0 Å². The molecule has 2 atom stereocenters. The quantitative estimate of drug-likeness (QED) is 0.594. The van der Waals surface area contributed by atoms with E-state index in [0.717, 1.165) is 0 Å². The van der Waals surface area contributed by atoms with Gasteiger partial charge in [-0.05, 0) is 31.6 Å². The molecule has 8 heteroatoms. The summed E-state index contributed by atoms with van der Waals surface area (Å²) in [6, 6.07) is 6.72. The second-order valence-electron chi connectivity index (χ2n) is 6.16. The molecule has 1 aromatic heterocycles. The fourth-order valence-corrected chi connectivity index (χ4v) is 3.03. The lowest BCUT2D eigenvalue weighted by Gasteiger charge is -2.34. The molecular weight excluding hydrogens is 350 g/mol. The minimum absolute atomic E-state index is 0.0569. The SMILES string of the molecule is C/C=C(F)\C(=N/C=N)C(C)C(C#N)(Cn1cncn1)c1ccc(C)cc1F. The first-order valence-corrected chi connectivity index (χ1v) is 8.28. The van der Waals surface area contributed by atoms with Crippen molar-refractivity contribution >= 4 is 12.1 Å². The lowest BCUT2D eigenvalue weighted by Crippen LogP contribution is -2.42. The van der Waals surface area contributed by atoms with Crippen molar-refractivity contribution in [2.75, 3.05) is 0 Å². The topological polar surface area (TPSA) is 90.7 Å². The maximum Gasteiger partial charge on any atom is 0.140 e. The van der Waals surface area contributed by atoms with Crippen molar-refractivity contribution in [3.05, 3.63) is 59.7 Å². The van der Waals surface area contributed by atoms with E-state index in [1.165, 1.54) is 42.5 Å². The van der Waals surface area contributed by atoms with Gasteiger partial charge < -0.3 is 0 Å². The van der Waals surface area contributed by atoms with E-state index >= 15 is 0 Å². The van der Waals surface area contributed by atoms with Crippen LogP contribution in [0.25, 0.3) is 0 Å². The summed E-state index contributed by atoms with van der Waals surface area (Å²) in [7, 11) is 0. The van der Waals surface area contributed by atoms with Gasteiger partial charge in [-0.3, -0.25) is 10.1 Å². The van der Waals surface area contributed by atoms with Crippen LogP contribution in [-0.2, 0) is 12.0 Å². The summed E-state index contributed by atoms with van der Waals surface area (Å²) in [6.45, 7) is 4.76. The number of halogens is 2. The fourth-order valence-electron chi connectivity index (χ4n) is 3.03. The van der Waals surface area contributed by atoms with Crippen LogP contribution in [0.5, 0.6) is 0 Å². The van der Waals surface area contributed by atoms with Gasteiger partial charge in [-0.2, -0.15) is 10.4 Å². The molecule has 27 heavy (non-hydrogen) atoms. The van der Waals surface area contributed by atoms with Gasteiger partial charge in [-0.25, -0.2) is 18.8 Å². The van der Waals surface area contributed by atoms with Gasteiger partial charge in [-0.1, -0.05) is 19.1 Å². The Kier molecular flexibility index (Phi) is 6.29. The number of nitriles is 1. The van der Waals surface area contributed by atoms with Crippen molar-refractivity contribution in [2.45, 2.75) is 32.7 Å². The molecule has 2 unspecified atom stereocenters. The minimum atomic E-state index is -1.52. The smallest absolute Gasteiger partial charge is 0.140 e. The van der Waals surface area contributed by atoms with Crippen LogP contribution in [0, 0.1) is 35.4 Å². The Morgan fingerprint density at radius 1 is 1.52 bits per heavy atom. The highest BCUT2D eigenvalue weighted by Crippen LogP contribution is 2.38. The molecule has 0 aliphatic rings. The maximum absolute atomic E-state index is 14.9. The zero-order valence-corrected chi connectivity index (χ0v) is 15.3. The van der Waals surface area contributed by atoms with E-state index in [1.807, 2.05) is 0 Å². The van der Waals surface area contributed by atoms with E-state index in [2.05, 4.69) is 21.1 Å². The lowest BCUT2D eigenvalue weighted by atomic mass is 9.69. The Hall–Kier alpha value is -3.21. The molecule has 0 saturated carbocycles. The van der Waals surface area contributed by atoms with Gasteiger partial charge in [-0.15, -0.1) is 0 Å². The van der Waals surface area contributed by atoms with Gasteiger partial charge in [0.05, 0.1) is 18.3 Å². The number of aromatic nitrogens is 3. The summed E-state index contributed by atoms with van der Waals surface area (Å²) < 4.78 is 30.7. The maximum atomic E-state index is 14.9. The highest BCUT2D eigenvalue weighted by Gasteiger charge is 2.44. The van der Waals surface area contributed by atoms with Gasteiger partial charge in [0, 0.05) is 11.5 Å². The molecule has 140 valence electrons. The molecule has 0 aliphatic heterocycles. The van der Waals surface area contributed by atoms with Gasteiger partial charge in [0.15, 0.2) is 0 Å². The van der Waals surface area contributed by atoms with Crippen molar-refractivity contribution < 1.29 is 8.78 Å². The van der Waals surface area contributed by atoms with Crippen LogP contribution in [-0.4, -0.2) is 26.8 Å². The Balaban J connectivity index is 2.73. The largest absolute Gasteiger partial charge is 0.290 e. The Labute approximate surface area is 156 Å². The molecule has 1 heterocycles. The van der Waals surface area contributed by atoms with E-state index in [-0.39, 0.29) is 17.8 Å². The van der Waals surface area contributed by atoms with Crippen molar-refractivity contribution in [1.29, 1.82) is 10.7 Å². The molecule has 0 amide bonds. The third-order valence-electron chi connectivity index (χ3n) is 4.53. The summed E-state index contributed by atoms with van der Waals surface area (Å²) in [6.07, 6.45) is 4.61. The molecule has 1 N–H and O–H groups in total. The van der Waals surface area contributed by atoms with Crippen molar-refractivity contribution in [3.63, 3.8) is 0 Å². The number of nitrogens with one attached hydrogen (secondary N) is 1. The van der Waals surface area contributed by atoms with E-state index < -0.39 is 23.0 Å². The van der Waals surface area contributed by atoms with Gasteiger partial charge >= 0.3 is 0 Å². The van der Waals surface area contributed by atoms with E-state index in [9.17, 15) is 14.0 Å². The number of aryl methyl sites for hydroxylation is 1. The molecule has 0 aliphatic carbocycles. The molecule has 0 spiro atoms. The van der Waals surface area contributed by atoms with E-state index in [4.69, 9.17) is 5.41 Å². The number of nitrogens with zero attached hydrogens (tertiary/aromatic N) is 5. The van der Waals surface area contributed by atoms with Crippen LogP contribution in [0.3, 0.4) is 0 Å². The molecule has 0 saturated heterocycles. The molecule has 2 rings (SSSR count). The number of benzene rings is 1. The van der Waals surface area contributed by atoms with E-state index in [0.29, 0.717) is 11.9 Å². The number of hydrogen-bond donors (Lipinski definition) is 1. The zero-order valence-electron chi connectivity index (χ0n) is 15.3. The van der Waals surface area contributed by atoms with Crippen molar-refractivity contribution in [1.82, 2.24) is 14.8 Å². The molecule has 6 nitrogen and oxygen atoms in total. The molecule has 0 bridgehead atoms. The zero-order chi connectivity index (χ0) is 20.0. The standard InChI is InChI=1S/C19H20F2N6/c1-4-16(20)18(25-10-23)14(3)19(8-22,9-27-12-24-11-26-27)15-6-5-13(2)7-17(15)21/h4-7,10-12,14,23H,9H2,1-3H3/b16-4+,23-10?,25-18-. The number of aliphatic imine (C=N–C) groups is 1. The highest BCUT2D eigenvalue weighted by atomic mass is 19.1. The predicted molar refractivity (Wildman–Crippen MR) is 98.7 cm³/mol. The normalized spacial score (nSPS) is 15.7. The lowest BCUT2D eigenvalue weighted by molar-refractivity contribution is 0.354. The molecular formula is C19H20F2N6. The number of allylic oxidation sites excluding steroid dienone is 2. The summed E-state index contributed by atoms with van der Waals surface area (Å²) in [5.41, 5.74) is -0.813. The molecule has 1 aromatic carbocycles. The van der Waals surface area contributed by atoms with Crippen LogP contribution in [0.4, 0.5) is 8.78 Å². The Morgan fingerprint density at radius 3 is 2.78 bits per heavy atom. The van der Waals surface area contributed by atoms with Gasteiger partial charge in [0.25, 0.3) is 0 Å². The van der Waals surface area contributed by atoms with Crippen LogP contribution in [0.15, 0.2) is 47.7 Å². The van der Waals surface area contributed by atoms with Crippen LogP contribution in [0.1, 0.15) is 25.0 Å². The van der Waals surface area contributed by atoms with Crippen LogP contribution >= 0.6 is 0 Å². The number of rotatable bonds is 7. The Bertz CT molecular complexity index is 911. The minimum Gasteiger partial charge on any atom is -0.290 e. The third kappa shape index (κ3) is 3.97.